The summed E-state index contributed by atoms with van der Waals surface area (Å²) in [4.78, 5) is 0. The molecular formula is C9H11N3S. The number of H-pyrrole nitrogens is 1. The Bertz CT molecular complexity index is 339. The molecule has 68 valence electrons. The summed E-state index contributed by atoms with van der Waals surface area (Å²) in [6.07, 6.45) is 1.77. The van der Waals surface area contributed by atoms with E-state index in [-0.39, 0.29) is 6.04 Å². The SMILES string of the molecule is CC(Nc1ccsc1)c1ccn[nH]1. The van der Waals surface area contributed by atoms with Crippen LogP contribution in [0.4, 0.5) is 5.69 Å². The Morgan fingerprint density at radius 2 is 2.46 bits per heavy atom. The van der Waals surface area contributed by atoms with E-state index < -0.39 is 0 Å². The molecule has 0 aliphatic carbocycles. The number of thiophene rings is 1. The molecule has 0 aliphatic heterocycles. The molecule has 1 atom stereocenters. The molecule has 0 saturated heterocycles. The second-order valence-corrected chi connectivity index (χ2v) is 3.67. The number of anilines is 1. The van der Waals surface area contributed by atoms with E-state index in [9.17, 15) is 0 Å². The first kappa shape index (κ1) is 8.31. The van der Waals surface area contributed by atoms with E-state index in [0.29, 0.717) is 0 Å². The van der Waals surface area contributed by atoms with Crippen molar-refractivity contribution >= 4 is 17.0 Å². The highest BCUT2D eigenvalue weighted by Crippen LogP contribution is 2.19. The van der Waals surface area contributed by atoms with Crippen molar-refractivity contribution < 1.29 is 0 Å². The van der Waals surface area contributed by atoms with Crippen LogP contribution in [0.15, 0.2) is 29.1 Å². The van der Waals surface area contributed by atoms with Crippen molar-refractivity contribution in [3.63, 3.8) is 0 Å². The van der Waals surface area contributed by atoms with E-state index in [4.69, 9.17) is 0 Å². The Morgan fingerprint density at radius 3 is 3.08 bits per heavy atom. The Kier molecular flexibility index (Phi) is 2.31. The average Bonchev–Trinajstić information content (AvgIpc) is 2.74. The molecule has 0 amide bonds. The van der Waals surface area contributed by atoms with Crippen molar-refractivity contribution in [3.05, 3.63) is 34.8 Å². The predicted octanol–water partition coefficient (Wildman–Crippen LogP) is 2.64. The molecule has 0 saturated carbocycles. The Balaban J connectivity index is 2.04. The zero-order chi connectivity index (χ0) is 9.10. The van der Waals surface area contributed by atoms with Gasteiger partial charge in [0, 0.05) is 17.3 Å². The summed E-state index contributed by atoms with van der Waals surface area (Å²) in [7, 11) is 0. The van der Waals surface area contributed by atoms with Crippen molar-refractivity contribution in [2.75, 3.05) is 5.32 Å². The fourth-order valence-corrected chi connectivity index (χ4v) is 1.78. The van der Waals surface area contributed by atoms with E-state index >= 15 is 0 Å². The van der Waals surface area contributed by atoms with Crippen molar-refractivity contribution in [2.24, 2.45) is 0 Å². The molecule has 2 aromatic heterocycles. The lowest BCUT2D eigenvalue weighted by Crippen LogP contribution is -2.05. The number of hydrogen-bond acceptors (Lipinski definition) is 3. The van der Waals surface area contributed by atoms with Gasteiger partial charge in [-0.15, -0.1) is 0 Å². The third-order valence-electron chi connectivity index (χ3n) is 1.89. The van der Waals surface area contributed by atoms with Gasteiger partial charge in [-0.05, 0) is 24.4 Å². The topological polar surface area (TPSA) is 40.7 Å². The Morgan fingerprint density at radius 1 is 1.54 bits per heavy atom. The van der Waals surface area contributed by atoms with Crippen molar-refractivity contribution in [1.82, 2.24) is 10.2 Å². The van der Waals surface area contributed by atoms with Gasteiger partial charge in [-0.25, -0.2) is 0 Å². The molecule has 0 fully saturated rings. The monoisotopic (exact) mass is 193 g/mol. The average molecular weight is 193 g/mol. The second-order valence-electron chi connectivity index (χ2n) is 2.89. The molecule has 0 bridgehead atoms. The van der Waals surface area contributed by atoms with E-state index in [1.54, 1.807) is 17.5 Å². The molecule has 2 heterocycles. The molecule has 0 radical (unpaired) electrons. The minimum Gasteiger partial charge on any atom is -0.376 e. The highest BCUT2D eigenvalue weighted by molar-refractivity contribution is 7.08. The predicted molar refractivity (Wildman–Crippen MR) is 54.9 cm³/mol. The molecule has 1 unspecified atom stereocenters. The summed E-state index contributed by atoms with van der Waals surface area (Å²) in [6, 6.07) is 4.32. The quantitative estimate of drug-likeness (QED) is 0.786. The van der Waals surface area contributed by atoms with Crippen LogP contribution in [0.25, 0.3) is 0 Å². The number of nitrogens with one attached hydrogen (secondary N) is 2. The van der Waals surface area contributed by atoms with Crippen LogP contribution in [0.2, 0.25) is 0 Å². The van der Waals surface area contributed by atoms with Crippen LogP contribution >= 0.6 is 11.3 Å². The standard InChI is InChI=1S/C9H11N3S/c1-7(9-2-4-10-12-9)11-8-3-5-13-6-8/h2-7,11H,1H3,(H,10,12). The van der Waals surface area contributed by atoms with Gasteiger partial charge >= 0.3 is 0 Å². The maximum Gasteiger partial charge on any atom is 0.0651 e. The van der Waals surface area contributed by atoms with Gasteiger partial charge in [-0.1, -0.05) is 0 Å². The van der Waals surface area contributed by atoms with Gasteiger partial charge < -0.3 is 5.32 Å². The molecule has 2 rings (SSSR count). The van der Waals surface area contributed by atoms with E-state index in [1.807, 2.05) is 6.07 Å². The maximum atomic E-state index is 3.91. The zero-order valence-corrected chi connectivity index (χ0v) is 8.14. The summed E-state index contributed by atoms with van der Waals surface area (Å²) < 4.78 is 0. The Labute approximate surface area is 80.8 Å². The van der Waals surface area contributed by atoms with Crippen LogP contribution in [-0.4, -0.2) is 10.2 Å². The molecule has 2 aromatic rings. The van der Waals surface area contributed by atoms with Gasteiger partial charge in [-0.2, -0.15) is 16.4 Å². The van der Waals surface area contributed by atoms with E-state index in [1.165, 1.54) is 0 Å². The first-order chi connectivity index (χ1) is 6.36. The highest BCUT2D eigenvalue weighted by atomic mass is 32.1. The largest absolute Gasteiger partial charge is 0.376 e. The van der Waals surface area contributed by atoms with E-state index in [2.05, 4.69) is 39.3 Å². The fourth-order valence-electron chi connectivity index (χ4n) is 1.18. The van der Waals surface area contributed by atoms with Crippen LogP contribution < -0.4 is 5.32 Å². The lowest BCUT2D eigenvalue weighted by Gasteiger charge is -2.11. The molecular weight excluding hydrogens is 182 g/mol. The number of hydrogen-bond donors (Lipinski definition) is 2. The summed E-state index contributed by atoms with van der Waals surface area (Å²) in [5.74, 6) is 0. The van der Waals surface area contributed by atoms with Crippen molar-refractivity contribution in [1.29, 1.82) is 0 Å². The van der Waals surface area contributed by atoms with Gasteiger partial charge in [0.2, 0.25) is 0 Å². The minimum atomic E-state index is 0.275. The molecule has 0 aliphatic rings. The summed E-state index contributed by atoms with van der Waals surface area (Å²) in [5.41, 5.74) is 2.26. The number of rotatable bonds is 3. The summed E-state index contributed by atoms with van der Waals surface area (Å²) in [6.45, 7) is 2.10. The summed E-state index contributed by atoms with van der Waals surface area (Å²) in [5, 5.41) is 14.4. The van der Waals surface area contributed by atoms with Gasteiger partial charge in [0.25, 0.3) is 0 Å². The zero-order valence-electron chi connectivity index (χ0n) is 7.32. The third kappa shape index (κ3) is 1.89. The van der Waals surface area contributed by atoms with Gasteiger partial charge in [-0.3, -0.25) is 5.10 Å². The molecule has 13 heavy (non-hydrogen) atoms. The van der Waals surface area contributed by atoms with Crippen molar-refractivity contribution in [2.45, 2.75) is 13.0 Å². The number of aromatic amines is 1. The molecule has 3 nitrogen and oxygen atoms in total. The minimum absolute atomic E-state index is 0.275. The first-order valence-corrected chi connectivity index (χ1v) is 5.08. The van der Waals surface area contributed by atoms with Crippen LogP contribution in [0, 0.1) is 0 Å². The smallest absolute Gasteiger partial charge is 0.0651 e. The second kappa shape index (κ2) is 3.62. The highest BCUT2D eigenvalue weighted by Gasteiger charge is 2.05. The van der Waals surface area contributed by atoms with E-state index in [0.717, 1.165) is 11.4 Å². The molecule has 0 spiro atoms. The van der Waals surface area contributed by atoms with Crippen molar-refractivity contribution in [3.8, 4) is 0 Å². The molecule has 0 aromatic carbocycles. The first-order valence-electron chi connectivity index (χ1n) is 4.14. The number of aromatic nitrogens is 2. The Hall–Kier alpha value is -1.29. The van der Waals surface area contributed by atoms with Crippen LogP contribution in [-0.2, 0) is 0 Å². The normalized spacial score (nSPS) is 12.7. The molecule has 4 heteroatoms. The maximum absolute atomic E-state index is 3.91. The third-order valence-corrected chi connectivity index (χ3v) is 2.58. The van der Waals surface area contributed by atoms with Crippen LogP contribution in [0.5, 0.6) is 0 Å². The lowest BCUT2D eigenvalue weighted by molar-refractivity contribution is 0.826. The van der Waals surface area contributed by atoms with Gasteiger partial charge in [0.1, 0.15) is 0 Å². The molecule has 2 N–H and O–H groups in total. The van der Waals surface area contributed by atoms with Gasteiger partial charge in [0.05, 0.1) is 11.7 Å². The van der Waals surface area contributed by atoms with Crippen LogP contribution in [0.3, 0.4) is 0 Å². The van der Waals surface area contributed by atoms with Crippen LogP contribution in [0.1, 0.15) is 18.7 Å². The van der Waals surface area contributed by atoms with Gasteiger partial charge in [0.15, 0.2) is 0 Å². The lowest BCUT2D eigenvalue weighted by atomic mass is 10.2. The summed E-state index contributed by atoms with van der Waals surface area (Å²) >= 11 is 1.69. The fraction of sp³-hybridized carbons (Fsp3) is 0.222. The number of nitrogens with zero attached hydrogens (tertiary/aromatic N) is 1.